The summed E-state index contributed by atoms with van der Waals surface area (Å²) in [5.74, 6) is -0.872. The molecule has 0 unspecified atom stereocenters. The molecule has 0 aliphatic rings. The first kappa shape index (κ1) is 13.8. The molecule has 2 rings (SSSR count). The zero-order chi connectivity index (χ0) is 14.7. The average Bonchev–Trinajstić information content (AvgIpc) is 2.41. The zero-order valence-electron chi connectivity index (χ0n) is 10.4. The molecule has 0 aliphatic heterocycles. The van der Waals surface area contributed by atoms with Gasteiger partial charge in [0.25, 0.3) is 0 Å². The molecule has 1 aromatic carbocycles. The number of nitriles is 1. The molecule has 0 fully saturated rings. The Morgan fingerprint density at radius 1 is 1.50 bits per heavy atom. The van der Waals surface area contributed by atoms with Gasteiger partial charge in [0.2, 0.25) is 5.95 Å². The summed E-state index contributed by atoms with van der Waals surface area (Å²) in [5.41, 5.74) is 1.29. The Labute approximate surface area is 119 Å². The van der Waals surface area contributed by atoms with Gasteiger partial charge in [-0.3, -0.25) is 0 Å². The number of hydrogen-bond donors (Lipinski definition) is 2. The highest BCUT2D eigenvalue weighted by atomic mass is 35.5. The van der Waals surface area contributed by atoms with E-state index < -0.39 is 5.97 Å². The van der Waals surface area contributed by atoms with E-state index in [-0.39, 0.29) is 11.5 Å². The smallest absolute Gasteiger partial charge is 0.339 e. The van der Waals surface area contributed by atoms with Crippen LogP contribution in [0.3, 0.4) is 0 Å². The lowest BCUT2D eigenvalue weighted by molar-refractivity contribution is 0.0695. The summed E-state index contributed by atoms with van der Waals surface area (Å²) >= 11 is 6.00. The molecule has 0 bridgehead atoms. The predicted octanol–water partition coefficient (Wildman–Crippen LogP) is 2.75. The molecule has 7 heteroatoms. The Hall–Kier alpha value is -2.65. The number of aryl methyl sites for hydroxylation is 1. The van der Waals surface area contributed by atoms with E-state index in [1.807, 2.05) is 6.07 Å². The number of benzene rings is 1. The van der Waals surface area contributed by atoms with Gasteiger partial charge in [0.15, 0.2) is 0 Å². The van der Waals surface area contributed by atoms with Crippen molar-refractivity contribution in [2.45, 2.75) is 6.92 Å². The molecule has 0 radical (unpaired) electrons. The van der Waals surface area contributed by atoms with E-state index in [0.717, 1.165) is 0 Å². The van der Waals surface area contributed by atoms with Gasteiger partial charge < -0.3 is 10.4 Å². The normalized spacial score (nSPS) is 9.85. The van der Waals surface area contributed by atoms with E-state index in [0.29, 0.717) is 22.0 Å². The maximum absolute atomic E-state index is 10.9. The summed E-state index contributed by atoms with van der Waals surface area (Å²) in [6.45, 7) is 1.57. The third kappa shape index (κ3) is 2.84. The predicted molar refractivity (Wildman–Crippen MR) is 73.2 cm³/mol. The Bertz CT molecular complexity index is 725. The van der Waals surface area contributed by atoms with Crippen molar-refractivity contribution in [3.63, 3.8) is 0 Å². The van der Waals surface area contributed by atoms with Crippen molar-refractivity contribution in [3.8, 4) is 6.07 Å². The number of aromatic carboxylic acids is 1. The second-order valence-electron chi connectivity index (χ2n) is 3.93. The number of carbonyl (C=O) groups is 1. The van der Waals surface area contributed by atoms with Gasteiger partial charge in [-0.25, -0.2) is 14.8 Å². The quantitative estimate of drug-likeness (QED) is 0.901. The minimum atomic E-state index is -1.08. The van der Waals surface area contributed by atoms with Gasteiger partial charge in [-0.15, -0.1) is 0 Å². The van der Waals surface area contributed by atoms with Gasteiger partial charge in [0, 0.05) is 6.20 Å². The highest BCUT2D eigenvalue weighted by molar-refractivity contribution is 6.33. The Morgan fingerprint density at radius 3 is 2.85 bits per heavy atom. The van der Waals surface area contributed by atoms with Gasteiger partial charge in [-0.1, -0.05) is 11.6 Å². The summed E-state index contributed by atoms with van der Waals surface area (Å²) in [6, 6.07) is 6.73. The third-order valence-electron chi connectivity index (χ3n) is 2.55. The van der Waals surface area contributed by atoms with Crippen LogP contribution in [0.25, 0.3) is 0 Å². The molecular weight excluding hydrogens is 280 g/mol. The van der Waals surface area contributed by atoms with Crippen molar-refractivity contribution in [1.29, 1.82) is 5.26 Å². The fourth-order valence-electron chi connectivity index (χ4n) is 1.55. The van der Waals surface area contributed by atoms with E-state index in [1.165, 1.54) is 6.20 Å². The van der Waals surface area contributed by atoms with Crippen LogP contribution in [0.15, 0.2) is 24.4 Å². The van der Waals surface area contributed by atoms with Crippen LogP contribution in [-0.2, 0) is 0 Å². The largest absolute Gasteiger partial charge is 0.478 e. The first-order valence-corrected chi connectivity index (χ1v) is 5.92. The molecule has 0 atom stereocenters. The monoisotopic (exact) mass is 288 g/mol. The summed E-state index contributed by atoms with van der Waals surface area (Å²) in [6.07, 6.45) is 1.22. The van der Waals surface area contributed by atoms with E-state index in [2.05, 4.69) is 15.3 Å². The number of carboxylic acid groups (broad SMARTS) is 1. The summed E-state index contributed by atoms with van der Waals surface area (Å²) in [5, 5.41) is 21.0. The maximum atomic E-state index is 10.9. The van der Waals surface area contributed by atoms with E-state index in [9.17, 15) is 4.79 Å². The van der Waals surface area contributed by atoms with Crippen LogP contribution in [-0.4, -0.2) is 21.0 Å². The fraction of sp³-hybridized carbons (Fsp3) is 0.0769. The number of aromatic nitrogens is 2. The number of rotatable bonds is 3. The molecule has 2 aromatic rings. The highest BCUT2D eigenvalue weighted by Gasteiger charge is 2.11. The second-order valence-corrected chi connectivity index (χ2v) is 4.34. The molecule has 100 valence electrons. The van der Waals surface area contributed by atoms with Crippen molar-refractivity contribution in [1.82, 2.24) is 9.97 Å². The lowest BCUT2D eigenvalue weighted by atomic mass is 10.2. The third-order valence-corrected chi connectivity index (χ3v) is 2.88. The summed E-state index contributed by atoms with van der Waals surface area (Å²) < 4.78 is 0. The van der Waals surface area contributed by atoms with Gasteiger partial charge >= 0.3 is 5.97 Å². The average molecular weight is 289 g/mol. The molecule has 2 N–H and O–H groups in total. The highest BCUT2D eigenvalue weighted by Crippen LogP contribution is 2.25. The topological polar surface area (TPSA) is 98.9 Å². The molecule has 20 heavy (non-hydrogen) atoms. The van der Waals surface area contributed by atoms with Crippen molar-refractivity contribution in [2.24, 2.45) is 0 Å². The molecular formula is C13H9ClN4O2. The molecule has 1 aromatic heterocycles. The number of carboxylic acids is 1. The van der Waals surface area contributed by atoms with E-state index >= 15 is 0 Å². The molecule has 0 saturated carbocycles. The Morgan fingerprint density at radius 2 is 2.25 bits per heavy atom. The van der Waals surface area contributed by atoms with Gasteiger partial charge in [-0.2, -0.15) is 5.26 Å². The van der Waals surface area contributed by atoms with Crippen LogP contribution in [0.4, 0.5) is 11.6 Å². The van der Waals surface area contributed by atoms with Crippen LogP contribution in [0.5, 0.6) is 0 Å². The van der Waals surface area contributed by atoms with Crippen molar-refractivity contribution >= 4 is 29.2 Å². The molecule has 0 spiro atoms. The first-order chi connectivity index (χ1) is 9.51. The first-order valence-electron chi connectivity index (χ1n) is 5.55. The zero-order valence-corrected chi connectivity index (χ0v) is 11.1. The van der Waals surface area contributed by atoms with Crippen molar-refractivity contribution in [2.75, 3.05) is 5.32 Å². The molecule has 0 amide bonds. The van der Waals surface area contributed by atoms with Gasteiger partial charge in [-0.05, 0) is 25.1 Å². The summed E-state index contributed by atoms with van der Waals surface area (Å²) in [4.78, 5) is 18.8. The standard InChI is InChI=1S/C13H9ClN4O2/c1-7-9(12(19)20)6-16-13(17-7)18-11-4-8(5-15)2-3-10(11)14/h2-4,6H,1H3,(H,19,20)(H,16,17,18). The molecule has 6 nitrogen and oxygen atoms in total. The summed E-state index contributed by atoms with van der Waals surface area (Å²) in [7, 11) is 0. The minimum Gasteiger partial charge on any atom is -0.478 e. The van der Waals surface area contributed by atoms with Crippen LogP contribution in [0.1, 0.15) is 21.6 Å². The number of nitrogens with one attached hydrogen (secondary N) is 1. The lowest BCUT2D eigenvalue weighted by Gasteiger charge is -2.08. The fourth-order valence-corrected chi connectivity index (χ4v) is 1.71. The minimum absolute atomic E-state index is 0.0347. The van der Waals surface area contributed by atoms with Crippen LogP contribution >= 0.6 is 11.6 Å². The van der Waals surface area contributed by atoms with Crippen molar-refractivity contribution < 1.29 is 9.90 Å². The van der Waals surface area contributed by atoms with E-state index in [1.54, 1.807) is 25.1 Å². The molecule has 1 heterocycles. The van der Waals surface area contributed by atoms with Crippen molar-refractivity contribution in [3.05, 3.63) is 46.2 Å². The van der Waals surface area contributed by atoms with Crippen LogP contribution in [0, 0.1) is 18.3 Å². The second kappa shape index (κ2) is 5.55. The number of halogens is 1. The van der Waals surface area contributed by atoms with E-state index in [4.69, 9.17) is 22.0 Å². The van der Waals surface area contributed by atoms with Crippen LogP contribution < -0.4 is 5.32 Å². The maximum Gasteiger partial charge on any atom is 0.339 e. The molecule has 0 aliphatic carbocycles. The Kier molecular flexibility index (Phi) is 3.82. The molecule has 0 saturated heterocycles. The lowest BCUT2D eigenvalue weighted by Crippen LogP contribution is -2.06. The number of nitrogens with zero attached hydrogens (tertiary/aromatic N) is 3. The van der Waals surface area contributed by atoms with Gasteiger partial charge in [0.05, 0.1) is 33.6 Å². The SMILES string of the molecule is Cc1nc(Nc2cc(C#N)ccc2Cl)ncc1C(=O)O. The number of hydrogen-bond acceptors (Lipinski definition) is 5. The van der Waals surface area contributed by atoms with Crippen LogP contribution in [0.2, 0.25) is 5.02 Å². The van der Waals surface area contributed by atoms with Gasteiger partial charge in [0.1, 0.15) is 0 Å². The Balaban J connectivity index is 2.33. The number of anilines is 2.